The first-order chi connectivity index (χ1) is 21.3. The molecule has 0 spiro atoms. The largest absolute Gasteiger partial charge is 0.454 e. The maximum atomic E-state index is 14.3. The van der Waals surface area contributed by atoms with Crippen molar-refractivity contribution in [2.24, 2.45) is 0 Å². The maximum Gasteiger partial charge on any atom is 0.416 e. The van der Waals surface area contributed by atoms with Gasteiger partial charge in [-0.2, -0.15) is 13.2 Å². The molecule has 1 aromatic heterocycles. The van der Waals surface area contributed by atoms with Gasteiger partial charge >= 0.3 is 6.18 Å². The number of hydrogen-bond donors (Lipinski definition) is 0. The van der Waals surface area contributed by atoms with Crippen LogP contribution in [0.2, 0.25) is 0 Å². The summed E-state index contributed by atoms with van der Waals surface area (Å²) in [4.78, 5) is 23.6. The van der Waals surface area contributed by atoms with Crippen molar-refractivity contribution in [1.82, 2.24) is 14.8 Å². The van der Waals surface area contributed by atoms with Crippen LogP contribution in [0.3, 0.4) is 0 Å². The molecule has 0 radical (unpaired) electrons. The minimum atomic E-state index is -4.39. The van der Waals surface area contributed by atoms with Gasteiger partial charge in [0, 0.05) is 24.5 Å². The molecule has 226 valence electrons. The number of ether oxygens (including phenoxy) is 2. The Hall–Kier alpha value is -4.37. The number of rotatable bonds is 6. The zero-order valence-corrected chi connectivity index (χ0v) is 24.1. The molecule has 4 aromatic rings. The first-order valence-corrected chi connectivity index (χ1v) is 15.1. The zero-order chi connectivity index (χ0) is 30.3. The number of hydrogen-bond acceptors (Lipinski definition) is 5. The summed E-state index contributed by atoms with van der Waals surface area (Å²) in [7, 11) is 0. The molecule has 3 aliphatic heterocycles. The van der Waals surface area contributed by atoms with Crippen LogP contribution < -0.4 is 9.47 Å². The van der Waals surface area contributed by atoms with E-state index in [-0.39, 0.29) is 18.7 Å². The molecule has 6 nitrogen and oxygen atoms in total. The van der Waals surface area contributed by atoms with Gasteiger partial charge in [-0.3, -0.25) is 4.79 Å². The van der Waals surface area contributed by atoms with E-state index in [1.807, 2.05) is 41.3 Å². The SMILES string of the molecule is O=C(c1cc(C=Cc2ccc(C(F)(F)F)cc2)nc2ccc(-c3ccc4c(c3)OCO4)cc12)N1CCC[C@H]1CN1CCCC1. The summed E-state index contributed by atoms with van der Waals surface area (Å²) in [6, 6.07) is 18.6. The fourth-order valence-corrected chi connectivity index (χ4v) is 6.44. The number of carbonyl (C=O) groups is 1. The molecule has 0 N–H and O–H groups in total. The van der Waals surface area contributed by atoms with Crippen molar-refractivity contribution in [3.63, 3.8) is 0 Å². The molecule has 0 aliphatic carbocycles. The quantitative estimate of drug-likeness (QED) is 0.230. The number of pyridine rings is 1. The Balaban J connectivity index is 1.26. The van der Waals surface area contributed by atoms with Gasteiger partial charge in [0.05, 0.1) is 22.3 Å². The molecule has 4 heterocycles. The Morgan fingerprint density at radius 3 is 2.41 bits per heavy atom. The fourth-order valence-electron chi connectivity index (χ4n) is 6.44. The summed E-state index contributed by atoms with van der Waals surface area (Å²) in [5.41, 5.74) is 3.58. The Labute approximate surface area is 253 Å². The molecule has 3 aliphatic rings. The van der Waals surface area contributed by atoms with E-state index in [9.17, 15) is 18.0 Å². The van der Waals surface area contributed by atoms with Crippen molar-refractivity contribution in [3.05, 3.63) is 89.1 Å². The highest BCUT2D eigenvalue weighted by atomic mass is 19.4. The van der Waals surface area contributed by atoms with Gasteiger partial charge in [-0.15, -0.1) is 0 Å². The number of amides is 1. The van der Waals surface area contributed by atoms with Gasteiger partial charge in [-0.25, -0.2) is 4.98 Å². The summed E-state index contributed by atoms with van der Waals surface area (Å²) in [6.45, 7) is 3.94. The molecule has 0 bridgehead atoms. The van der Waals surface area contributed by atoms with Crippen LogP contribution in [0.5, 0.6) is 11.5 Å². The van der Waals surface area contributed by atoms with E-state index in [4.69, 9.17) is 14.5 Å². The van der Waals surface area contributed by atoms with Crippen LogP contribution in [0.4, 0.5) is 13.2 Å². The number of fused-ring (bicyclic) bond motifs is 2. The number of benzene rings is 3. The third-order valence-electron chi connectivity index (χ3n) is 8.75. The molecule has 44 heavy (non-hydrogen) atoms. The number of carbonyl (C=O) groups excluding carboxylic acids is 1. The van der Waals surface area contributed by atoms with E-state index >= 15 is 0 Å². The second-order valence-corrected chi connectivity index (χ2v) is 11.7. The Bertz CT molecular complexity index is 1730. The smallest absolute Gasteiger partial charge is 0.416 e. The molecule has 1 atom stereocenters. The van der Waals surface area contributed by atoms with Crippen LogP contribution in [0.25, 0.3) is 34.2 Å². The van der Waals surface area contributed by atoms with Gasteiger partial charge in [0.15, 0.2) is 11.5 Å². The second kappa shape index (κ2) is 11.6. The lowest BCUT2D eigenvalue weighted by atomic mass is 9.99. The molecular weight excluding hydrogens is 567 g/mol. The van der Waals surface area contributed by atoms with Crippen LogP contribution in [-0.4, -0.2) is 59.7 Å². The van der Waals surface area contributed by atoms with Crippen molar-refractivity contribution in [2.75, 3.05) is 33.0 Å². The summed E-state index contributed by atoms with van der Waals surface area (Å²) in [5, 5.41) is 0.753. The van der Waals surface area contributed by atoms with Crippen LogP contribution >= 0.6 is 0 Å². The Morgan fingerprint density at radius 1 is 0.864 bits per heavy atom. The highest BCUT2D eigenvalue weighted by molar-refractivity contribution is 6.08. The van der Waals surface area contributed by atoms with Gasteiger partial charge in [-0.05, 0) is 104 Å². The maximum absolute atomic E-state index is 14.3. The summed E-state index contributed by atoms with van der Waals surface area (Å²) in [5.74, 6) is 1.36. The third-order valence-corrected chi connectivity index (χ3v) is 8.75. The summed E-state index contributed by atoms with van der Waals surface area (Å²) < 4.78 is 50.1. The molecule has 0 unspecified atom stereocenters. The van der Waals surface area contributed by atoms with Gasteiger partial charge in [0.2, 0.25) is 6.79 Å². The Kier molecular flexibility index (Phi) is 7.50. The molecular formula is C35H32F3N3O3. The lowest BCUT2D eigenvalue weighted by molar-refractivity contribution is -0.137. The van der Waals surface area contributed by atoms with E-state index in [0.29, 0.717) is 40.4 Å². The summed E-state index contributed by atoms with van der Waals surface area (Å²) >= 11 is 0. The van der Waals surface area contributed by atoms with Crippen molar-refractivity contribution in [2.45, 2.75) is 37.9 Å². The van der Waals surface area contributed by atoms with Gasteiger partial charge in [-0.1, -0.05) is 30.3 Å². The molecule has 2 saturated heterocycles. The molecule has 0 saturated carbocycles. The predicted octanol–water partition coefficient (Wildman–Crippen LogP) is 7.52. The minimum Gasteiger partial charge on any atom is -0.454 e. The molecule has 7 rings (SSSR count). The highest BCUT2D eigenvalue weighted by Gasteiger charge is 2.33. The fraction of sp³-hybridized carbons (Fsp3) is 0.314. The lowest BCUT2D eigenvalue weighted by Gasteiger charge is -2.29. The topological polar surface area (TPSA) is 54.9 Å². The van der Waals surface area contributed by atoms with Gasteiger partial charge < -0.3 is 19.3 Å². The molecule has 1 amide bonds. The first-order valence-electron chi connectivity index (χ1n) is 15.1. The van der Waals surface area contributed by atoms with Crippen LogP contribution in [-0.2, 0) is 6.18 Å². The van der Waals surface area contributed by atoms with Crippen LogP contribution in [0, 0.1) is 0 Å². The van der Waals surface area contributed by atoms with Crippen molar-refractivity contribution < 1.29 is 27.4 Å². The number of nitrogens with zero attached hydrogens (tertiary/aromatic N) is 3. The number of aromatic nitrogens is 1. The molecule has 3 aromatic carbocycles. The summed E-state index contributed by atoms with van der Waals surface area (Å²) in [6.07, 6.45) is 3.43. The second-order valence-electron chi connectivity index (χ2n) is 11.7. The van der Waals surface area contributed by atoms with Gasteiger partial charge in [0.1, 0.15) is 0 Å². The van der Waals surface area contributed by atoms with E-state index in [1.165, 1.54) is 25.0 Å². The normalized spacial score (nSPS) is 18.6. The van der Waals surface area contributed by atoms with E-state index in [1.54, 1.807) is 18.2 Å². The molecule has 9 heteroatoms. The van der Waals surface area contributed by atoms with E-state index in [2.05, 4.69) is 4.90 Å². The zero-order valence-electron chi connectivity index (χ0n) is 24.1. The van der Waals surface area contributed by atoms with E-state index in [0.717, 1.165) is 61.1 Å². The van der Waals surface area contributed by atoms with Crippen LogP contribution in [0.15, 0.2) is 66.7 Å². The van der Waals surface area contributed by atoms with Crippen LogP contribution in [0.1, 0.15) is 52.9 Å². The average Bonchev–Trinajstić information content (AvgIpc) is 3.81. The van der Waals surface area contributed by atoms with Crippen molar-refractivity contribution in [1.29, 1.82) is 0 Å². The predicted molar refractivity (Wildman–Crippen MR) is 163 cm³/mol. The van der Waals surface area contributed by atoms with Crippen molar-refractivity contribution >= 4 is 29.0 Å². The lowest BCUT2D eigenvalue weighted by Crippen LogP contribution is -2.42. The van der Waals surface area contributed by atoms with Gasteiger partial charge in [0.25, 0.3) is 5.91 Å². The number of likely N-dealkylation sites (tertiary alicyclic amines) is 2. The number of halogens is 3. The number of alkyl halides is 3. The van der Waals surface area contributed by atoms with Crippen molar-refractivity contribution in [3.8, 4) is 22.6 Å². The third kappa shape index (κ3) is 5.76. The highest BCUT2D eigenvalue weighted by Crippen LogP contribution is 2.37. The first kappa shape index (κ1) is 28.4. The standard InChI is InChI=1S/C35H32F3N3O3/c36-35(37,38)26-10-5-23(6-11-26)7-12-27-20-30(34(42)41-17-3-4-28(41)21-40-15-1-2-16-40)29-18-24(8-13-31(29)39-27)25-9-14-32-33(19-25)44-22-43-32/h5-14,18-20,28H,1-4,15-17,21-22H2/t28-/m0/s1. The minimum absolute atomic E-state index is 0.0221. The van der Waals surface area contributed by atoms with E-state index < -0.39 is 11.7 Å². The monoisotopic (exact) mass is 599 g/mol. The Morgan fingerprint density at radius 2 is 1.61 bits per heavy atom. The average molecular weight is 600 g/mol. The molecule has 2 fully saturated rings.